The maximum absolute atomic E-state index is 12.3. The molecule has 23 heavy (non-hydrogen) atoms. The van der Waals surface area contributed by atoms with Gasteiger partial charge in [-0.05, 0) is 37.6 Å². The van der Waals surface area contributed by atoms with E-state index in [-0.39, 0.29) is 17.9 Å². The number of hydrogen-bond acceptors (Lipinski definition) is 4. The smallest absolute Gasteiger partial charge is 0.409 e. The summed E-state index contributed by atoms with van der Waals surface area (Å²) in [6.07, 6.45) is 0.332. The van der Waals surface area contributed by atoms with Crippen LogP contribution in [0.1, 0.15) is 23.7 Å². The average Bonchev–Trinajstić information content (AvgIpc) is 2.80. The molecule has 1 fully saturated rings. The van der Waals surface area contributed by atoms with Crippen molar-refractivity contribution in [2.75, 3.05) is 38.6 Å². The van der Waals surface area contributed by atoms with Crippen molar-refractivity contribution in [1.82, 2.24) is 9.80 Å². The van der Waals surface area contributed by atoms with Gasteiger partial charge in [-0.15, -0.1) is 0 Å². The minimum absolute atomic E-state index is 0.0155. The predicted octanol–water partition coefficient (Wildman–Crippen LogP) is 2.20. The summed E-state index contributed by atoms with van der Waals surface area (Å²) in [5.41, 5.74) is 1.24. The van der Waals surface area contributed by atoms with E-state index in [4.69, 9.17) is 4.74 Å². The van der Waals surface area contributed by atoms with E-state index in [2.05, 4.69) is 5.32 Å². The molecule has 1 aromatic carbocycles. The van der Waals surface area contributed by atoms with Crippen molar-refractivity contribution < 1.29 is 19.1 Å². The fraction of sp³-hybridized carbons (Fsp3) is 0.438. The van der Waals surface area contributed by atoms with Gasteiger partial charge in [0.25, 0.3) is 0 Å². The quantitative estimate of drug-likeness (QED) is 0.848. The van der Waals surface area contributed by atoms with Gasteiger partial charge in [0.1, 0.15) is 0 Å². The van der Waals surface area contributed by atoms with Crippen molar-refractivity contribution in [1.29, 1.82) is 0 Å². The first-order chi connectivity index (χ1) is 11.0. The Hall–Kier alpha value is -2.57. The van der Waals surface area contributed by atoms with Crippen LogP contribution in [0.3, 0.4) is 0 Å². The van der Waals surface area contributed by atoms with Crippen molar-refractivity contribution >= 4 is 23.6 Å². The summed E-state index contributed by atoms with van der Waals surface area (Å²) in [6.45, 7) is 3.54. The Labute approximate surface area is 135 Å². The number of Topliss-reactive ketones (excluding diaryl/α,β-unsaturated/α-hetero) is 1. The molecule has 7 nitrogen and oxygen atoms in total. The highest BCUT2D eigenvalue weighted by Gasteiger charge is 2.22. The van der Waals surface area contributed by atoms with E-state index in [0.29, 0.717) is 43.9 Å². The summed E-state index contributed by atoms with van der Waals surface area (Å²) >= 11 is 0. The molecule has 0 atom stereocenters. The van der Waals surface area contributed by atoms with Crippen LogP contribution < -0.4 is 5.32 Å². The van der Waals surface area contributed by atoms with Crippen LogP contribution in [0, 0.1) is 0 Å². The summed E-state index contributed by atoms with van der Waals surface area (Å²) in [5, 5.41) is 2.80. The zero-order valence-electron chi connectivity index (χ0n) is 13.4. The molecule has 7 heteroatoms. The van der Waals surface area contributed by atoms with Crippen LogP contribution in [0.2, 0.25) is 0 Å². The molecule has 1 N–H and O–H groups in total. The van der Waals surface area contributed by atoms with Gasteiger partial charge in [-0.1, -0.05) is 0 Å². The number of nitrogens with zero attached hydrogens (tertiary/aromatic N) is 2. The number of carbonyl (C=O) groups excluding carboxylic acids is 3. The van der Waals surface area contributed by atoms with Gasteiger partial charge in [-0.2, -0.15) is 0 Å². The van der Waals surface area contributed by atoms with Crippen molar-refractivity contribution in [3.05, 3.63) is 29.8 Å². The van der Waals surface area contributed by atoms with Gasteiger partial charge < -0.3 is 19.9 Å². The predicted molar refractivity (Wildman–Crippen MR) is 85.6 cm³/mol. The highest BCUT2D eigenvalue weighted by molar-refractivity contribution is 5.95. The Bertz CT molecular complexity index is 585. The van der Waals surface area contributed by atoms with E-state index in [9.17, 15) is 14.4 Å². The molecule has 0 radical (unpaired) electrons. The molecule has 0 unspecified atom stereocenters. The summed E-state index contributed by atoms with van der Waals surface area (Å²) in [5.74, 6) is -0.0155. The molecular formula is C16H21N3O4. The Morgan fingerprint density at radius 1 is 1.00 bits per heavy atom. The highest BCUT2D eigenvalue weighted by Crippen LogP contribution is 2.12. The molecule has 0 saturated carbocycles. The van der Waals surface area contributed by atoms with E-state index in [1.165, 1.54) is 14.0 Å². The molecule has 0 bridgehead atoms. The standard InChI is InChI=1S/C16H21N3O4/c1-12(20)13-4-6-14(7-5-13)17-15(21)18-8-3-9-19(11-10-18)16(22)23-2/h4-7H,3,8-11H2,1-2H3,(H,17,21). The lowest BCUT2D eigenvalue weighted by Crippen LogP contribution is -2.39. The third kappa shape index (κ3) is 4.45. The van der Waals surface area contributed by atoms with Crippen LogP contribution in [0.5, 0.6) is 0 Å². The van der Waals surface area contributed by atoms with E-state index in [1.807, 2.05) is 0 Å². The number of nitrogens with one attached hydrogen (secondary N) is 1. The van der Waals surface area contributed by atoms with Gasteiger partial charge in [-0.25, -0.2) is 9.59 Å². The summed E-state index contributed by atoms with van der Waals surface area (Å²) in [7, 11) is 1.35. The first kappa shape index (κ1) is 16.8. The Kier molecular flexibility index (Phi) is 5.56. The molecular weight excluding hydrogens is 298 g/mol. The van der Waals surface area contributed by atoms with Crippen LogP contribution in [0.4, 0.5) is 15.3 Å². The minimum Gasteiger partial charge on any atom is -0.453 e. The lowest BCUT2D eigenvalue weighted by atomic mass is 10.1. The van der Waals surface area contributed by atoms with Crippen molar-refractivity contribution in [3.8, 4) is 0 Å². The van der Waals surface area contributed by atoms with Gasteiger partial charge in [0.15, 0.2) is 5.78 Å². The third-order valence-corrected chi connectivity index (χ3v) is 3.76. The van der Waals surface area contributed by atoms with Gasteiger partial charge in [0, 0.05) is 37.4 Å². The largest absolute Gasteiger partial charge is 0.453 e. The van der Waals surface area contributed by atoms with Crippen LogP contribution in [-0.2, 0) is 4.74 Å². The van der Waals surface area contributed by atoms with Crippen molar-refractivity contribution in [2.45, 2.75) is 13.3 Å². The second kappa shape index (κ2) is 7.62. The van der Waals surface area contributed by atoms with Crippen molar-refractivity contribution in [2.24, 2.45) is 0 Å². The summed E-state index contributed by atoms with van der Waals surface area (Å²) < 4.78 is 4.71. The number of benzene rings is 1. The Balaban J connectivity index is 1.92. The average molecular weight is 319 g/mol. The fourth-order valence-corrected chi connectivity index (χ4v) is 2.42. The van der Waals surface area contributed by atoms with Gasteiger partial charge in [0.05, 0.1) is 7.11 Å². The van der Waals surface area contributed by atoms with Crippen LogP contribution in [0.25, 0.3) is 0 Å². The van der Waals surface area contributed by atoms with Crippen LogP contribution in [0.15, 0.2) is 24.3 Å². The SMILES string of the molecule is COC(=O)N1CCCN(C(=O)Nc2ccc(C(C)=O)cc2)CC1. The van der Waals surface area contributed by atoms with Gasteiger partial charge >= 0.3 is 12.1 Å². The molecule has 0 aromatic heterocycles. The molecule has 3 amide bonds. The molecule has 1 aliphatic heterocycles. The number of rotatable bonds is 2. The number of amides is 3. The number of carbonyl (C=O) groups is 3. The third-order valence-electron chi connectivity index (χ3n) is 3.76. The Morgan fingerprint density at radius 3 is 2.22 bits per heavy atom. The molecule has 1 heterocycles. The molecule has 1 aliphatic rings. The number of urea groups is 1. The zero-order chi connectivity index (χ0) is 16.8. The normalized spacial score (nSPS) is 14.9. The molecule has 0 spiro atoms. The Morgan fingerprint density at radius 2 is 1.61 bits per heavy atom. The summed E-state index contributed by atoms with van der Waals surface area (Å²) in [4.78, 5) is 38.3. The zero-order valence-corrected chi connectivity index (χ0v) is 13.4. The number of methoxy groups -OCH3 is 1. The molecule has 0 aliphatic carbocycles. The molecule has 1 aromatic rings. The first-order valence-electron chi connectivity index (χ1n) is 7.51. The van der Waals surface area contributed by atoms with Crippen LogP contribution >= 0.6 is 0 Å². The maximum Gasteiger partial charge on any atom is 0.409 e. The summed E-state index contributed by atoms with van der Waals surface area (Å²) in [6, 6.07) is 6.55. The lowest BCUT2D eigenvalue weighted by molar-refractivity contribution is 0.101. The van der Waals surface area contributed by atoms with Crippen LogP contribution in [-0.4, -0.2) is 61.0 Å². The monoisotopic (exact) mass is 319 g/mol. The molecule has 1 saturated heterocycles. The number of ether oxygens (including phenoxy) is 1. The molecule has 124 valence electrons. The minimum atomic E-state index is -0.368. The fourth-order valence-electron chi connectivity index (χ4n) is 2.42. The topological polar surface area (TPSA) is 79.0 Å². The van der Waals surface area contributed by atoms with E-state index >= 15 is 0 Å². The van der Waals surface area contributed by atoms with Gasteiger partial charge in [0.2, 0.25) is 0 Å². The van der Waals surface area contributed by atoms with E-state index < -0.39 is 0 Å². The number of anilines is 1. The maximum atomic E-state index is 12.3. The lowest BCUT2D eigenvalue weighted by Gasteiger charge is -2.21. The first-order valence-corrected chi connectivity index (χ1v) is 7.51. The highest BCUT2D eigenvalue weighted by atomic mass is 16.5. The van der Waals surface area contributed by atoms with E-state index in [0.717, 1.165) is 0 Å². The molecule has 2 rings (SSSR count). The van der Waals surface area contributed by atoms with Crippen molar-refractivity contribution in [3.63, 3.8) is 0 Å². The van der Waals surface area contributed by atoms with E-state index in [1.54, 1.807) is 34.1 Å². The number of hydrogen-bond donors (Lipinski definition) is 1. The second-order valence-electron chi connectivity index (χ2n) is 5.36. The number of ketones is 1. The second-order valence-corrected chi connectivity index (χ2v) is 5.36. The van der Waals surface area contributed by atoms with Gasteiger partial charge in [-0.3, -0.25) is 4.79 Å².